The van der Waals surface area contributed by atoms with Crippen molar-refractivity contribution in [1.29, 1.82) is 0 Å². The number of nitrogens with zero attached hydrogens (tertiary/aromatic N) is 2. The molecule has 30 heavy (non-hydrogen) atoms. The van der Waals surface area contributed by atoms with E-state index >= 15 is 0 Å². The van der Waals surface area contributed by atoms with Gasteiger partial charge >= 0.3 is 0 Å². The Morgan fingerprint density at radius 2 is 0.900 bits per heavy atom. The molecule has 0 aliphatic carbocycles. The quantitative estimate of drug-likeness (QED) is 0.310. The van der Waals surface area contributed by atoms with Crippen molar-refractivity contribution in [2.75, 3.05) is 0 Å². The van der Waals surface area contributed by atoms with Gasteiger partial charge in [0.1, 0.15) is 0 Å². The van der Waals surface area contributed by atoms with Gasteiger partial charge in [0.2, 0.25) is 0 Å². The fraction of sp³-hybridized carbons (Fsp3) is 0.214. The first kappa shape index (κ1) is 20.0. The summed E-state index contributed by atoms with van der Waals surface area (Å²) in [6.07, 6.45) is 0. The van der Waals surface area contributed by atoms with E-state index in [4.69, 9.17) is 9.98 Å². The van der Waals surface area contributed by atoms with Crippen LogP contribution in [-0.2, 0) is 0 Å². The van der Waals surface area contributed by atoms with Crippen LogP contribution in [0.5, 0.6) is 0 Å². The van der Waals surface area contributed by atoms with E-state index < -0.39 is 0 Å². The highest BCUT2D eigenvalue weighted by molar-refractivity contribution is 6.40. The normalized spacial score (nSPS) is 14.8. The van der Waals surface area contributed by atoms with E-state index in [1.54, 1.807) is 0 Å². The van der Waals surface area contributed by atoms with Crippen molar-refractivity contribution in [1.82, 2.24) is 0 Å². The van der Waals surface area contributed by atoms with Crippen LogP contribution in [0.1, 0.15) is 50.9 Å². The fourth-order valence-corrected chi connectivity index (χ4v) is 4.14. The molecule has 2 heteroatoms. The van der Waals surface area contributed by atoms with E-state index in [1.165, 1.54) is 32.7 Å². The molecule has 0 fully saturated rings. The molecule has 0 saturated heterocycles. The molecule has 0 bridgehead atoms. The molecule has 0 heterocycles. The van der Waals surface area contributed by atoms with E-state index in [-0.39, 0.29) is 12.1 Å². The third-order valence-electron chi connectivity index (χ3n) is 5.85. The van der Waals surface area contributed by atoms with Gasteiger partial charge in [-0.3, -0.25) is 9.98 Å². The molecule has 4 aromatic carbocycles. The molecule has 4 rings (SSSR count). The van der Waals surface area contributed by atoms with Crippen LogP contribution < -0.4 is 0 Å². The van der Waals surface area contributed by atoms with Crippen LogP contribution in [0.4, 0.5) is 0 Å². The van der Waals surface area contributed by atoms with Gasteiger partial charge in [-0.25, -0.2) is 0 Å². The number of aliphatic imine (C=N–C) groups is 2. The second kappa shape index (κ2) is 8.62. The summed E-state index contributed by atoms with van der Waals surface area (Å²) < 4.78 is 0. The lowest BCUT2D eigenvalue weighted by Gasteiger charge is -2.14. The fourth-order valence-electron chi connectivity index (χ4n) is 4.14. The molecule has 0 saturated carbocycles. The molecule has 0 aromatic heterocycles. The average Bonchev–Trinajstić information content (AvgIpc) is 2.78. The van der Waals surface area contributed by atoms with Crippen molar-refractivity contribution < 1.29 is 0 Å². The smallest absolute Gasteiger partial charge is 0.0730 e. The largest absolute Gasteiger partial charge is 0.280 e. The van der Waals surface area contributed by atoms with Crippen molar-refractivity contribution in [3.63, 3.8) is 0 Å². The summed E-state index contributed by atoms with van der Waals surface area (Å²) >= 11 is 0. The molecular formula is C28H28N2. The Morgan fingerprint density at radius 3 is 1.33 bits per heavy atom. The molecule has 2 atom stereocenters. The predicted molar refractivity (Wildman–Crippen MR) is 131 cm³/mol. The SMILES string of the molecule is CC(=NC(C)c1cccc2ccccc12)C(C)=NC(C)c1cccc2ccccc12. The summed E-state index contributed by atoms with van der Waals surface area (Å²) in [7, 11) is 0. The zero-order valence-electron chi connectivity index (χ0n) is 18.1. The average molecular weight is 393 g/mol. The molecule has 0 aliphatic heterocycles. The van der Waals surface area contributed by atoms with Crippen molar-refractivity contribution in [3.8, 4) is 0 Å². The monoisotopic (exact) mass is 392 g/mol. The van der Waals surface area contributed by atoms with Crippen LogP contribution in [0.15, 0.2) is 94.9 Å². The van der Waals surface area contributed by atoms with Crippen molar-refractivity contribution in [2.24, 2.45) is 9.98 Å². The van der Waals surface area contributed by atoms with E-state index in [9.17, 15) is 0 Å². The molecule has 0 spiro atoms. The maximum atomic E-state index is 4.99. The summed E-state index contributed by atoms with van der Waals surface area (Å²) in [5, 5.41) is 5.04. The number of hydrogen-bond donors (Lipinski definition) is 0. The van der Waals surface area contributed by atoms with Crippen LogP contribution >= 0.6 is 0 Å². The van der Waals surface area contributed by atoms with E-state index in [2.05, 4.69) is 113 Å². The van der Waals surface area contributed by atoms with Crippen LogP contribution in [0, 0.1) is 0 Å². The molecule has 4 aromatic rings. The Hall–Kier alpha value is -3.26. The maximum absolute atomic E-state index is 4.99. The van der Waals surface area contributed by atoms with E-state index in [0.717, 1.165) is 11.4 Å². The lowest BCUT2D eigenvalue weighted by molar-refractivity contribution is 0.820. The van der Waals surface area contributed by atoms with Crippen LogP contribution in [0.3, 0.4) is 0 Å². The zero-order chi connectivity index (χ0) is 21.1. The first-order chi connectivity index (χ1) is 14.5. The highest BCUT2D eigenvalue weighted by Gasteiger charge is 2.11. The second-order valence-electron chi connectivity index (χ2n) is 7.92. The summed E-state index contributed by atoms with van der Waals surface area (Å²) in [5.74, 6) is 0. The van der Waals surface area contributed by atoms with Crippen molar-refractivity contribution >= 4 is 33.0 Å². The van der Waals surface area contributed by atoms with Gasteiger partial charge < -0.3 is 0 Å². The minimum atomic E-state index is 0.0779. The summed E-state index contributed by atoms with van der Waals surface area (Å²) in [5.41, 5.74) is 4.48. The van der Waals surface area contributed by atoms with Crippen LogP contribution in [-0.4, -0.2) is 11.4 Å². The van der Waals surface area contributed by atoms with Gasteiger partial charge in [0.05, 0.1) is 23.5 Å². The second-order valence-corrected chi connectivity index (χ2v) is 7.92. The topological polar surface area (TPSA) is 24.7 Å². The van der Waals surface area contributed by atoms with E-state index in [1.807, 2.05) is 0 Å². The molecule has 0 aliphatic rings. The van der Waals surface area contributed by atoms with Gasteiger partial charge in [-0.05, 0) is 60.4 Å². The maximum Gasteiger partial charge on any atom is 0.0730 e. The number of rotatable bonds is 5. The Kier molecular flexibility index (Phi) is 5.76. The summed E-state index contributed by atoms with van der Waals surface area (Å²) in [6, 6.07) is 30.0. The molecular weight excluding hydrogens is 364 g/mol. The lowest BCUT2D eigenvalue weighted by Crippen LogP contribution is -2.09. The molecule has 0 radical (unpaired) electrons. The molecule has 2 nitrogen and oxygen atoms in total. The Morgan fingerprint density at radius 1 is 0.533 bits per heavy atom. The molecule has 2 unspecified atom stereocenters. The first-order valence-corrected chi connectivity index (χ1v) is 10.6. The van der Waals surface area contributed by atoms with E-state index in [0.29, 0.717) is 0 Å². The van der Waals surface area contributed by atoms with Gasteiger partial charge in [-0.1, -0.05) is 84.9 Å². The number of fused-ring (bicyclic) bond motifs is 2. The van der Waals surface area contributed by atoms with Crippen LogP contribution in [0.2, 0.25) is 0 Å². The molecule has 0 amide bonds. The summed E-state index contributed by atoms with van der Waals surface area (Å²) in [6.45, 7) is 8.45. The standard InChI is InChI=1S/C28H28N2/c1-19(29-21(3)25-17-9-13-23-11-5-7-15-27(23)25)20(2)30-22(4)26-18-10-14-24-12-6-8-16-28(24)26/h5-18,21-22H,1-4H3. The van der Waals surface area contributed by atoms with Gasteiger partial charge in [0.15, 0.2) is 0 Å². The Balaban J connectivity index is 1.62. The predicted octanol–water partition coefficient (Wildman–Crippen LogP) is 7.74. The van der Waals surface area contributed by atoms with Gasteiger partial charge in [0.25, 0.3) is 0 Å². The van der Waals surface area contributed by atoms with Gasteiger partial charge in [-0.15, -0.1) is 0 Å². The number of benzene rings is 4. The van der Waals surface area contributed by atoms with Crippen molar-refractivity contribution in [2.45, 2.75) is 39.8 Å². The Bertz CT molecular complexity index is 1140. The first-order valence-electron chi connectivity index (χ1n) is 10.6. The highest BCUT2D eigenvalue weighted by Crippen LogP contribution is 2.28. The third kappa shape index (κ3) is 4.04. The molecule has 0 N–H and O–H groups in total. The van der Waals surface area contributed by atoms with Gasteiger partial charge in [-0.2, -0.15) is 0 Å². The minimum Gasteiger partial charge on any atom is -0.280 e. The Labute approximate surface area is 179 Å². The number of hydrogen-bond acceptors (Lipinski definition) is 2. The zero-order valence-corrected chi connectivity index (χ0v) is 18.1. The van der Waals surface area contributed by atoms with Gasteiger partial charge in [0, 0.05) is 0 Å². The summed E-state index contributed by atoms with van der Waals surface area (Å²) in [4.78, 5) is 9.98. The molecule has 150 valence electrons. The highest BCUT2D eigenvalue weighted by atomic mass is 14.8. The minimum absolute atomic E-state index is 0.0779. The third-order valence-corrected chi connectivity index (χ3v) is 5.85. The van der Waals surface area contributed by atoms with Crippen molar-refractivity contribution in [3.05, 3.63) is 96.1 Å². The van der Waals surface area contributed by atoms with Crippen LogP contribution in [0.25, 0.3) is 21.5 Å². The lowest BCUT2D eigenvalue weighted by atomic mass is 9.99.